The van der Waals surface area contributed by atoms with E-state index in [0.717, 1.165) is 31.2 Å². The smallest absolute Gasteiger partial charge is 0.0480 e. The van der Waals surface area contributed by atoms with Crippen LogP contribution >= 0.6 is 0 Å². The highest BCUT2D eigenvalue weighted by atomic mass is 16.5. The quantitative estimate of drug-likeness (QED) is 0.677. The Morgan fingerprint density at radius 2 is 1.75 bits per heavy atom. The van der Waals surface area contributed by atoms with E-state index in [4.69, 9.17) is 4.74 Å². The molecule has 0 aromatic rings. The van der Waals surface area contributed by atoms with Crippen LogP contribution in [0.3, 0.4) is 0 Å². The molecule has 0 aromatic carbocycles. The molecule has 1 heterocycles. The van der Waals surface area contributed by atoms with Crippen molar-refractivity contribution in [2.45, 2.75) is 44.7 Å². The zero-order valence-corrected chi connectivity index (χ0v) is 7.88. The first-order valence-electron chi connectivity index (χ1n) is 5.18. The van der Waals surface area contributed by atoms with Crippen LogP contribution in [0.1, 0.15) is 32.6 Å². The monoisotopic (exact) mass is 169 g/mol. The molecule has 2 fully saturated rings. The van der Waals surface area contributed by atoms with E-state index in [2.05, 4.69) is 12.2 Å². The molecule has 1 aliphatic heterocycles. The van der Waals surface area contributed by atoms with Gasteiger partial charge in [-0.3, -0.25) is 0 Å². The van der Waals surface area contributed by atoms with Crippen LogP contribution in [0, 0.1) is 5.92 Å². The summed E-state index contributed by atoms with van der Waals surface area (Å²) in [6.07, 6.45) is 5.20. The van der Waals surface area contributed by atoms with Gasteiger partial charge in [0.2, 0.25) is 0 Å². The van der Waals surface area contributed by atoms with Crippen molar-refractivity contribution >= 4 is 0 Å². The second-order valence-corrected chi connectivity index (χ2v) is 4.33. The molecule has 0 atom stereocenters. The van der Waals surface area contributed by atoms with Crippen molar-refractivity contribution < 1.29 is 4.74 Å². The van der Waals surface area contributed by atoms with Crippen LogP contribution in [-0.2, 0) is 4.74 Å². The maximum atomic E-state index is 5.31. The standard InChI is InChI=1S/C10H19NO/c1-8-6-10(7-8)11-9-2-4-12-5-3-9/h8-11H,2-7H2,1H3. The molecular formula is C10H19NO. The molecule has 12 heavy (non-hydrogen) atoms. The molecule has 1 N–H and O–H groups in total. The van der Waals surface area contributed by atoms with Gasteiger partial charge in [0.25, 0.3) is 0 Å². The molecule has 1 saturated carbocycles. The van der Waals surface area contributed by atoms with Gasteiger partial charge in [-0.1, -0.05) is 6.92 Å². The van der Waals surface area contributed by atoms with Crippen molar-refractivity contribution in [2.75, 3.05) is 13.2 Å². The van der Waals surface area contributed by atoms with Gasteiger partial charge in [0.05, 0.1) is 0 Å². The van der Waals surface area contributed by atoms with Crippen molar-refractivity contribution in [2.24, 2.45) is 5.92 Å². The molecule has 1 aliphatic carbocycles. The molecular weight excluding hydrogens is 150 g/mol. The van der Waals surface area contributed by atoms with Crippen molar-refractivity contribution in [3.63, 3.8) is 0 Å². The van der Waals surface area contributed by atoms with Crippen LogP contribution in [-0.4, -0.2) is 25.3 Å². The molecule has 0 aromatic heterocycles. The summed E-state index contributed by atoms with van der Waals surface area (Å²) in [6, 6.07) is 1.57. The van der Waals surface area contributed by atoms with Crippen LogP contribution in [0.15, 0.2) is 0 Å². The minimum Gasteiger partial charge on any atom is -0.381 e. The third kappa shape index (κ3) is 1.99. The SMILES string of the molecule is CC1CC(NC2CCOCC2)C1. The normalized spacial score (nSPS) is 37.8. The third-order valence-corrected chi connectivity index (χ3v) is 3.07. The van der Waals surface area contributed by atoms with Crippen LogP contribution in [0.25, 0.3) is 0 Å². The summed E-state index contributed by atoms with van der Waals surface area (Å²) in [4.78, 5) is 0. The predicted molar refractivity (Wildman–Crippen MR) is 49.2 cm³/mol. The van der Waals surface area contributed by atoms with Crippen LogP contribution < -0.4 is 5.32 Å². The molecule has 0 amide bonds. The summed E-state index contributed by atoms with van der Waals surface area (Å²) in [5.41, 5.74) is 0. The molecule has 2 aliphatic rings. The van der Waals surface area contributed by atoms with E-state index < -0.39 is 0 Å². The Morgan fingerprint density at radius 3 is 2.33 bits per heavy atom. The Morgan fingerprint density at radius 1 is 1.08 bits per heavy atom. The summed E-state index contributed by atoms with van der Waals surface area (Å²) < 4.78 is 5.31. The molecule has 2 nitrogen and oxygen atoms in total. The number of ether oxygens (including phenoxy) is 1. The summed E-state index contributed by atoms with van der Waals surface area (Å²) in [6.45, 7) is 4.25. The number of rotatable bonds is 2. The van der Waals surface area contributed by atoms with Crippen LogP contribution in [0.2, 0.25) is 0 Å². The van der Waals surface area contributed by atoms with Gasteiger partial charge in [-0.2, -0.15) is 0 Å². The third-order valence-electron chi connectivity index (χ3n) is 3.07. The van der Waals surface area contributed by atoms with Gasteiger partial charge in [-0.25, -0.2) is 0 Å². The second-order valence-electron chi connectivity index (χ2n) is 4.33. The highest BCUT2D eigenvalue weighted by Gasteiger charge is 2.27. The van der Waals surface area contributed by atoms with Gasteiger partial charge < -0.3 is 10.1 Å². The minimum absolute atomic E-state index is 0.747. The lowest BCUT2D eigenvalue weighted by Crippen LogP contribution is -2.47. The first-order valence-corrected chi connectivity index (χ1v) is 5.18. The average Bonchev–Trinajstić information content (AvgIpc) is 2.04. The van der Waals surface area contributed by atoms with Gasteiger partial charge in [0, 0.05) is 25.3 Å². The van der Waals surface area contributed by atoms with E-state index in [9.17, 15) is 0 Å². The lowest BCUT2D eigenvalue weighted by molar-refractivity contribution is 0.0675. The van der Waals surface area contributed by atoms with Crippen molar-refractivity contribution in [3.05, 3.63) is 0 Å². The fourth-order valence-corrected chi connectivity index (χ4v) is 2.24. The highest BCUT2D eigenvalue weighted by Crippen LogP contribution is 2.27. The Balaban J connectivity index is 1.65. The average molecular weight is 169 g/mol. The van der Waals surface area contributed by atoms with Crippen molar-refractivity contribution in [3.8, 4) is 0 Å². The Kier molecular flexibility index (Phi) is 2.66. The fraction of sp³-hybridized carbons (Fsp3) is 1.00. The maximum absolute atomic E-state index is 5.31. The maximum Gasteiger partial charge on any atom is 0.0480 e. The molecule has 0 radical (unpaired) electrons. The first-order chi connectivity index (χ1) is 5.84. The summed E-state index contributed by atoms with van der Waals surface area (Å²) in [5, 5.41) is 3.71. The Hall–Kier alpha value is -0.0800. The van der Waals surface area contributed by atoms with E-state index >= 15 is 0 Å². The van der Waals surface area contributed by atoms with Gasteiger partial charge in [-0.15, -0.1) is 0 Å². The largest absolute Gasteiger partial charge is 0.381 e. The second kappa shape index (κ2) is 3.75. The van der Waals surface area contributed by atoms with Crippen molar-refractivity contribution in [1.82, 2.24) is 5.32 Å². The first kappa shape index (κ1) is 8.52. The molecule has 70 valence electrons. The van der Waals surface area contributed by atoms with Crippen molar-refractivity contribution in [1.29, 1.82) is 0 Å². The number of hydrogen-bond acceptors (Lipinski definition) is 2. The zero-order chi connectivity index (χ0) is 8.39. The van der Waals surface area contributed by atoms with E-state index in [-0.39, 0.29) is 0 Å². The topological polar surface area (TPSA) is 21.3 Å². The summed E-state index contributed by atoms with van der Waals surface area (Å²) in [7, 11) is 0. The molecule has 0 spiro atoms. The fourth-order valence-electron chi connectivity index (χ4n) is 2.24. The molecule has 1 saturated heterocycles. The lowest BCUT2D eigenvalue weighted by Gasteiger charge is -2.37. The van der Waals surface area contributed by atoms with Gasteiger partial charge in [0.1, 0.15) is 0 Å². The lowest BCUT2D eigenvalue weighted by atomic mass is 9.81. The van der Waals surface area contributed by atoms with E-state index in [1.54, 1.807) is 0 Å². The molecule has 0 unspecified atom stereocenters. The molecule has 0 bridgehead atoms. The zero-order valence-electron chi connectivity index (χ0n) is 7.88. The molecule has 2 heteroatoms. The Labute approximate surface area is 74.7 Å². The highest BCUT2D eigenvalue weighted by molar-refractivity contribution is 4.85. The van der Waals surface area contributed by atoms with Gasteiger partial charge >= 0.3 is 0 Å². The number of hydrogen-bond donors (Lipinski definition) is 1. The number of nitrogens with one attached hydrogen (secondary N) is 1. The van der Waals surface area contributed by atoms with Crippen LogP contribution in [0.5, 0.6) is 0 Å². The Bertz CT molecular complexity index is 137. The van der Waals surface area contributed by atoms with Gasteiger partial charge in [-0.05, 0) is 31.6 Å². The summed E-state index contributed by atoms with van der Waals surface area (Å²) >= 11 is 0. The predicted octanol–water partition coefficient (Wildman–Crippen LogP) is 1.55. The minimum atomic E-state index is 0.747. The molecule has 2 rings (SSSR count). The summed E-state index contributed by atoms with van der Waals surface area (Å²) in [5.74, 6) is 0.961. The van der Waals surface area contributed by atoms with E-state index in [1.807, 2.05) is 0 Å². The van der Waals surface area contributed by atoms with E-state index in [1.165, 1.54) is 25.7 Å². The van der Waals surface area contributed by atoms with E-state index in [0.29, 0.717) is 0 Å². The van der Waals surface area contributed by atoms with Gasteiger partial charge in [0.15, 0.2) is 0 Å². The van der Waals surface area contributed by atoms with Crippen LogP contribution in [0.4, 0.5) is 0 Å².